The van der Waals surface area contributed by atoms with E-state index in [1.54, 1.807) is 0 Å². The molecule has 0 aromatic heterocycles. The molecule has 14 heteroatoms. The van der Waals surface area contributed by atoms with E-state index in [1.165, 1.54) is 0 Å². The van der Waals surface area contributed by atoms with Crippen molar-refractivity contribution in [1.82, 2.24) is 6.15 Å². The Morgan fingerprint density at radius 2 is 0.786 bits per heavy atom. The monoisotopic (exact) mass is 285 g/mol. The first-order valence-corrected chi connectivity index (χ1v) is 4.69. The minimum absolute atomic E-state index is 0. The molecule has 0 saturated carbocycles. The maximum atomic E-state index is 8.67. The van der Waals surface area contributed by atoms with Gasteiger partial charge in [0.25, 0.3) is 11.4 Å². The molecular weight excluding hydrogens is 279 g/mol. The summed E-state index contributed by atoms with van der Waals surface area (Å²) in [4.78, 5) is 0. The van der Waals surface area contributed by atoms with E-state index in [-0.39, 0.29) is 29.2 Å². The van der Waals surface area contributed by atoms with Crippen molar-refractivity contribution in [3.05, 3.63) is 0 Å². The van der Waals surface area contributed by atoms with Gasteiger partial charge in [-0.15, -0.1) is 0 Å². The van der Waals surface area contributed by atoms with E-state index in [0.717, 1.165) is 0 Å². The van der Waals surface area contributed by atoms with Crippen LogP contribution in [0.25, 0.3) is 0 Å². The van der Waals surface area contributed by atoms with Gasteiger partial charge in [-0.2, -0.15) is 4.21 Å². The first-order valence-electron chi connectivity index (χ1n) is 1.56. The summed E-state index contributed by atoms with van der Waals surface area (Å²) < 4.78 is 71.0. The van der Waals surface area contributed by atoms with Gasteiger partial charge in [0, 0.05) is 0 Å². The Labute approximate surface area is 103 Å². The van der Waals surface area contributed by atoms with E-state index in [1.807, 2.05) is 0 Å². The second kappa shape index (κ2) is 23.6. The number of hydrogen-bond donors (Lipinski definition) is 5. The average Bonchev–Trinajstić information content (AvgIpc) is 1.54. The quantitative estimate of drug-likeness (QED) is 0.247. The topological polar surface area (TPSA) is 213 Å². The molecule has 0 radical (unpaired) electrons. The summed E-state index contributed by atoms with van der Waals surface area (Å²) >= 11 is -8.33. The van der Waals surface area contributed by atoms with Crippen LogP contribution in [0, 0.1) is 0 Å². The van der Waals surface area contributed by atoms with Gasteiger partial charge in [0.1, 0.15) is 0 Å². The molecular formula is H7MgNO9S3. The molecule has 7 N–H and O–H groups in total. The molecule has 0 aromatic rings. The van der Waals surface area contributed by atoms with Crippen LogP contribution in [-0.4, -0.2) is 63.0 Å². The van der Waals surface area contributed by atoms with Crippen molar-refractivity contribution in [2.24, 2.45) is 0 Å². The van der Waals surface area contributed by atoms with Crippen molar-refractivity contribution in [2.75, 3.05) is 0 Å². The largest absolute Gasteiger partial charge is 2.00 e. The molecule has 0 rings (SSSR count). The van der Waals surface area contributed by atoms with Gasteiger partial charge in [0.15, 0.2) is 0 Å². The smallest absolute Gasteiger partial charge is 0.750 e. The first kappa shape index (κ1) is 29.4. The third-order valence-corrected chi connectivity index (χ3v) is 0. The predicted molar refractivity (Wildman–Crippen MR) is 47.3 cm³/mol. The Hall–Kier alpha value is 0.936. The molecule has 86 valence electrons. The van der Waals surface area contributed by atoms with Gasteiger partial charge < -0.3 is 24.4 Å². The molecule has 2 atom stereocenters. The van der Waals surface area contributed by atoms with Crippen molar-refractivity contribution >= 4 is 57.1 Å². The van der Waals surface area contributed by atoms with Crippen LogP contribution in [0.15, 0.2) is 0 Å². The summed E-state index contributed by atoms with van der Waals surface area (Å²) in [6.07, 6.45) is 0. The second-order valence-corrected chi connectivity index (χ2v) is 1.99. The van der Waals surface area contributed by atoms with Gasteiger partial charge in [0.2, 0.25) is 0 Å². The molecule has 0 bridgehead atoms. The summed E-state index contributed by atoms with van der Waals surface area (Å²) in [6.45, 7) is 0. The molecule has 0 aliphatic carbocycles. The standard InChI is InChI=1S/Mg.H3N.3H2O3S/c;;3*1-4(2)3/h;1H3;3*(H2,1,2,3)/q+2;;;;/p-2. The number of rotatable bonds is 0. The Kier molecular flexibility index (Phi) is 49.6. The minimum Gasteiger partial charge on any atom is -0.750 e. The summed E-state index contributed by atoms with van der Waals surface area (Å²) in [6, 6.07) is 0. The molecule has 0 aromatic carbocycles. The predicted octanol–water partition coefficient (Wildman–Crippen LogP) is -1.86. The zero-order chi connectivity index (χ0) is 10.7. The minimum atomic E-state index is -2.86. The Morgan fingerprint density at radius 1 is 0.786 bits per heavy atom. The second-order valence-electron chi connectivity index (χ2n) is 0.665. The van der Waals surface area contributed by atoms with Crippen LogP contribution in [0.4, 0.5) is 0 Å². The Morgan fingerprint density at radius 3 is 0.786 bits per heavy atom. The van der Waals surface area contributed by atoms with Crippen molar-refractivity contribution < 1.29 is 39.9 Å². The third kappa shape index (κ3) is 2100. The van der Waals surface area contributed by atoms with E-state index < -0.39 is 34.1 Å². The summed E-state index contributed by atoms with van der Waals surface area (Å²) in [5.41, 5.74) is 0. The normalized spacial score (nSPS) is 11.4. The summed E-state index contributed by atoms with van der Waals surface area (Å²) in [5.74, 6) is 0. The van der Waals surface area contributed by atoms with Crippen molar-refractivity contribution in [3.63, 3.8) is 0 Å². The zero-order valence-corrected chi connectivity index (χ0v) is 10.3. The van der Waals surface area contributed by atoms with Crippen molar-refractivity contribution in [2.45, 2.75) is 0 Å². The van der Waals surface area contributed by atoms with E-state index >= 15 is 0 Å². The molecule has 2 unspecified atom stereocenters. The van der Waals surface area contributed by atoms with E-state index in [9.17, 15) is 0 Å². The fraction of sp³-hybridized carbons (Fsp3) is 0. The van der Waals surface area contributed by atoms with Gasteiger partial charge in [-0.3, -0.25) is 9.11 Å². The molecule has 0 spiro atoms. The van der Waals surface area contributed by atoms with E-state index in [0.29, 0.717) is 0 Å². The molecule has 0 amide bonds. The van der Waals surface area contributed by atoms with Crippen LogP contribution < -0.4 is 6.15 Å². The van der Waals surface area contributed by atoms with Gasteiger partial charge in [-0.1, -0.05) is 0 Å². The first-order chi connectivity index (χ1) is 5.20. The maximum Gasteiger partial charge on any atom is 2.00 e. The molecule has 0 saturated heterocycles. The third-order valence-electron chi connectivity index (χ3n) is 0. The molecule has 10 nitrogen and oxygen atoms in total. The SMILES string of the molecule is N.O=S(O)O.O=S([O-])O.O=S([O-])O.[Mg+2]. The van der Waals surface area contributed by atoms with Crippen LogP contribution in [0.5, 0.6) is 0 Å². The van der Waals surface area contributed by atoms with Crippen molar-refractivity contribution in [1.29, 1.82) is 0 Å². The fourth-order valence-corrected chi connectivity index (χ4v) is 0. The Bertz CT molecular complexity index is 118. The molecule has 0 aliphatic rings. The maximum absolute atomic E-state index is 8.67. The molecule has 14 heavy (non-hydrogen) atoms. The zero-order valence-electron chi connectivity index (χ0n) is 6.47. The Balaban J connectivity index is -0.0000000270. The average molecular weight is 286 g/mol. The van der Waals surface area contributed by atoms with Gasteiger partial charge >= 0.3 is 23.1 Å². The number of hydrogen-bond acceptors (Lipinski definition) is 6. The van der Waals surface area contributed by atoms with Gasteiger partial charge in [-0.25, -0.2) is 8.42 Å². The summed E-state index contributed by atoms with van der Waals surface area (Å²) in [7, 11) is 0. The van der Waals surface area contributed by atoms with Crippen LogP contribution in [0.1, 0.15) is 0 Å². The molecule has 0 heterocycles. The van der Waals surface area contributed by atoms with E-state index in [2.05, 4.69) is 0 Å². The van der Waals surface area contributed by atoms with Gasteiger partial charge in [0.05, 0.1) is 22.7 Å². The molecule has 0 aliphatic heterocycles. The fourth-order valence-electron chi connectivity index (χ4n) is 0. The van der Waals surface area contributed by atoms with Crippen molar-refractivity contribution in [3.8, 4) is 0 Å². The van der Waals surface area contributed by atoms with Crippen LogP contribution in [0.3, 0.4) is 0 Å². The van der Waals surface area contributed by atoms with E-state index in [4.69, 9.17) is 39.9 Å². The molecule has 0 fully saturated rings. The van der Waals surface area contributed by atoms with Crippen LogP contribution >= 0.6 is 0 Å². The van der Waals surface area contributed by atoms with Crippen LogP contribution in [0.2, 0.25) is 0 Å². The summed E-state index contributed by atoms with van der Waals surface area (Å²) in [5, 5.41) is 0. The van der Waals surface area contributed by atoms with Gasteiger partial charge in [-0.05, 0) is 0 Å². The van der Waals surface area contributed by atoms with Crippen LogP contribution in [-0.2, 0) is 34.1 Å².